The fraction of sp³-hybridized carbons (Fsp3) is 0.0769. The minimum Gasteiger partial charge on any atom is -0.481 e. The summed E-state index contributed by atoms with van der Waals surface area (Å²) in [6.45, 7) is 0. The van der Waals surface area contributed by atoms with E-state index in [1.807, 2.05) is 0 Å². The maximum atomic E-state index is 11.9. The van der Waals surface area contributed by atoms with Crippen LogP contribution in [0.3, 0.4) is 0 Å². The number of nitro groups is 1. The van der Waals surface area contributed by atoms with E-state index in [4.69, 9.17) is 5.11 Å². The molecule has 21 heavy (non-hydrogen) atoms. The first kappa shape index (κ1) is 14.3. The number of nitrogens with one attached hydrogen (secondary N) is 2. The fourth-order valence-corrected chi connectivity index (χ4v) is 1.75. The summed E-state index contributed by atoms with van der Waals surface area (Å²) in [5.41, 5.74) is 0.999. The molecule has 0 saturated heterocycles. The second kappa shape index (κ2) is 5.87. The lowest BCUT2D eigenvalue weighted by Crippen LogP contribution is -2.12. The van der Waals surface area contributed by atoms with Gasteiger partial charge in [0.15, 0.2) is 5.69 Å². The second-order valence-electron chi connectivity index (χ2n) is 4.24. The van der Waals surface area contributed by atoms with Crippen LogP contribution >= 0.6 is 0 Å². The van der Waals surface area contributed by atoms with Crippen LogP contribution in [0.5, 0.6) is 0 Å². The van der Waals surface area contributed by atoms with Gasteiger partial charge in [-0.2, -0.15) is 0 Å². The monoisotopic (exact) mass is 289 g/mol. The number of rotatable bonds is 5. The quantitative estimate of drug-likeness (QED) is 0.571. The highest BCUT2D eigenvalue weighted by atomic mass is 16.6. The fourth-order valence-electron chi connectivity index (χ4n) is 1.75. The molecule has 1 heterocycles. The number of aromatic amines is 1. The van der Waals surface area contributed by atoms with Crippen LogP contribution in [0.2, 0.25) is 0 Å². The van der Waals surface area contributed by atoms with Gasteiger partial charge >= 0.3 is 11.8 Å². The van der Waals surface area contributed by atoms with Gasteiger partial charge in [0, 0.05) is 11.8 Å². The Morgan fingerprint density at radius 2 is 2.05 bits per heavy atom. The maximum Gasteiger partial charge on any atom is 0.321 e. The van der Waals surface area contributed by atoms with Gasteiger partial charge in [0.2, 0.25) is 0 Å². The average molecular weight is 289 g/mol. The first-order valence-electron chi connectivity index (χ1n) is 5.91. The van der Waals surface area contributed by atoms with Crippen molar-refractivity contribution in [2.24, 2.45) is 0 Å². The number of anilines is 1. The highest BCUT2D eigenvalue weighted by Gasteiger charge is 2.15. The van der Waals surface area contributed by atoms with Gasteiger partial charge in [-0.3, -0.25) is 9.59 Å². The predicted molar refractivity (Wildman–Crippen MR) is 73.2 cm³/mol. The number of aliphatic carboxylic acids is 1. The summed E-state index contributed by atoms with van der Waals surface area (Å²) in [6, 6.07) is 8.86. The Balaban J connectivity index is 2.11. The number of amides is 1. The van der Waals surface area contributed by atoms with Crippen molar-refractivity contribution in [1.29, 1.82) is 0 Å². The molecular weight excluding hydrogens is 278 g/mol. The Bertz CT molecular complexity index is 707. The summed E-state index contributed by atoms with van der Waals surface area (Å²) in [5, 5.41) is 21.8. The van der Waals surface area contributed by atoms with Gasteiger partial charge in [0.1, 0.15) is 0 Å². The van der Waals surface area contributed by atoms with E-state index in [0.717, 1.165) is 0 Å². The molecule has 8 heteroatoms. The number of aromatic nitrogens is 1. The molecule has 0 bridgehead atoms. The molecule has 2 rings (SSSR count). The van der Waals surface area contributed by atoms with Crippen LogP contribution in [-0.4, -0.2) is 26.9 Å². The zero-order valence-corrected chi connectivity index (χ0v) is 10.7. The molecule has 0 aliphatic rings. The maximum absolute atomic E-state index is 11.9. The lowest BCUT2D eigenvalue weighted by molar-refractivity contribution is -0.389. The van der Waals surface area contributed by atoms with Gasteiger partial charge in [-0.25, -0.2) is 4.98 Å². The van der Waals surface area contributed by atoms with Crippen LogP contribution in [0.4, 0.5) is 11.5 Å². The third-order valence-electron chi connectivity index (χ3n) is 2.65. The standard InChI is InChI=1S/C13H11N3O5/c17-12(18)7-8-2-1-3-9(6-8)14-13(19)10-4-5-11(15-10)16(20)21/h1-6,15H,7H2,(H,14,19)(H,17,18). The number of nitrogens with zero attached hydrogens (tertiary/aromatic N) is 1. The van der Waals surface area contributed by atoms with Crippen molar-refractivity contribution < 1.29 is 19.6 Å². The van der Waals surface area contributed by atoms with Crippen molar-refractivity contribution in [2.45, 2.75) is 6.42 Å². The Hall–Kier alpha value is -3.16. The van der Waals surface area contributed by atoms with Gasteiger partial charge in [-0.05, 0) is 28.7 Å². The molecule has 0 saturated carbocycles. The smallest absolute Gasteiger partial charge is 0.321 e. The number of carboxylic acid groups (broad SMARTS) is 1. The number of hydrogen-bond donors (Lipinski definition) is 3. The molecule has 0 radical (unpaired) electrons. The molecule has 8 nitrogen and oxygen atoms in total. The molecule has 0 fully saturated rings. The van der Waals surface area contributed by atoms with Crippen LogP contribution < -0.4 is 5.32 Å². The van der Waals surface area contributed by atoms with Crippen LogP contribution in [-0.2, 0) is 11.2 Å². The van der Waals surface area contributed by atoms with E-state index in [9.17, 15) is 19.7 Å². The molecule has 0 unspecified atom stereocenters. The Labute approximate surface area is 118 Å². The highest BCUT2D eigenvalue weighted by molar-refractivity contribution is 6.03. The average Bonchev–Trinajstić information content (AvgIpc) is 2.88. The molecule has 3 N–H and O–H groups in total. The van der Waals surface area contributed by atoms with E-state index in [1.165, 1.54) is 18.2 Å². The molecule has 0 atom stereocenters. The van der Waals surface area contributed by atoms with Crippen LogP contribution in [0.1, 0.15) is 16.1 Å². The molecule has 0 aliphatic heterocycles. The topological polar surface area (TPSA) is 125 Å². The van der Waals surface area contributed by atoms with Crippen molar-refractivity contribution in [1.82, 2.24) is 4.98 Å². The van der Waals surface area contributed by atoms with Crippen molar-refractivity contribution in [3.05, 3.63) is 57.8 Å². The largest absolute Gasteiger partial charge is 0.481 e. The SMILES string of the molecule is O=C(O)Cc1cccc(NC(=O)c2ccc([N+](=O)[O-])[nH]2)c1. The molecule has 1 aromatic carbocycles. The molecule has 0 spiro atoms. The van der Waals surface area contributed by atoms with Gasteiger partial charge < -0.3 is 20.5 Å². The highest BCUT2D eigenvalue weighted by Crippen LogP contribution is 2.14. The summed E-state index contributed by atoms with van der Waals surface area (Å²) in [6.07, 6.45) is -0.155. The lowest BCUT2D eigenvalue weighted by Gasteiger charge is -2.04. The van der Waals surface area contributed by atoms with E-state index in [1.54, 1.807) is 18.2 Å². The van der Waals surface area contributed by atoms with Crippen LogP contribution in [0, 0.1) is 10.1 Å². The lowest BCUT2D eigenvalue weighted by atomic mass is 10.1. The van der Waals surface area contributed by atoms with Crippen molar-refractivity contribution >= 4 is 23.4 Å². The molecule has 108 valence electrons. The van der Waals surface area contributed by atoms with Gasteiger partial charge in [-0.1, -0.05) is 12.1 Å². The van der Waals surface area contributed by atoms with E-state index in [2.05, 4.69) is 10.3 Å². The molecule has 0 aliphatic carbocycles. The first-order valence-corrected chi connectivity index (χ1v) is 5.91. The van der Waals surface area contributed by atoms with Crippen molar-refractivity contribution in [3.8, 4) is 0 Å². The normalized spacial score (nSPS) is 10.1. The van der Waals surface area contributed by atoms with Crippen molar-refractivity contribution in [2.75, 3.05) is 5.32 Å². The van der Waals surface area contributed by atoms with Crippen LogP contribution in [0.15, 0.2) is 36.4 Å². The molecule has 1 amide bonds. The molecule has 1 aromatic heterocycles. The van der Waals surface area contributed by atoms with Gasteiger partial charge in [0.05, 0.1) is 6.42 Å². The molecular formula is C13H11N3O5. The molecule has 2 aromatic rings. The number of hydrogen-bond acceptors (Lipinski definition) is 4. The third kappa shape index (κ3) is 3.66. The summed E-state index contributed by atoms with van der Waals surface area (Å²) in [4.78, 5) is 34.8. The predicted octanol–water partition coefficient (Wildman–Crippen LogP) is 1.80. The van der Waals surface area contributed by atoms with E-state index < -0.39 is 16.8 Å². The number of carboxylic acids is 1. The summed E-state index contributed by atoms with van der Waals surface area (Å²) in [5.74, 6) is -1.80. The Morgan fingerprint density at radius 1 is 1.29 bits per heavy atom. The third-order valence-corrected chi connectivity index (χ3v) is 2.65. The number of carbonyl (C=O) groups excluding carboxylic acids is 1. The number of carbonyl (C=O) groups is 2. The Morgan fingerprint density at radius 3 is 2.67 bits per heavy atom. The summed E-state index contributed by atoms with van der Waals surface area (Å²) in [7, 11) is 0. The minimum atomic E-state index is -0.974. The van der Waals surface area contributed by atoms with E-state index in [0.29, 0.717) is 11.3 Å². The number of H-pyrrole nitrogens is 1. The van der Waals surface area contributed by atoms with E-state index in [-0.39, 0.29) is 17.9 Å². The van der Waals surface area contributed by atoms with Gasteiger partial charge in [0.25, 0.3) is 5.91 Å². The van der Waals surface area contributed by atoms with Crippen molar-refractivity contribution in [3.63, 3.8) is 0 Å². The zero-order chi connectivity index (χ0) is 15.4. The van der Waals surface area contributed by atoms with Gasteiger partial charge in [-0.15, -0.1) is 0 Å². The number of benzene rings is 1. The Kier molecular flexibility index (Phi) is 3.98. The zero-order valence-electron chi connectivity index (χ0n) is 10.7. The van der Waals surface area contributed by atoms with Crippen LogP contribution in [0.25, 0.3) is 0 Å². The summed E-state index contributed by atoms with van der Waals surface area (Å²) < 4.78 is 0. The van der Waals surface area contributed by atoms with E-state index >= 15 is 0 Å². The minimum absolute atomic E-state index is 0.0466. The second-order valence-corrected chi connectivity index (χ2v) is 4.24. The first-order chi connectivity index (χ1) is 9.95. The summed E-state index contributed by atoms with van der Waals surface area (Å²) >= 11 is 0.